The molecule has 1 saturated carbocycles. The minimum atomic E-state index is -1.02. The first-order chi connectivity index (χ1) is 22.5. The number of hydrogen-bond donors (Lipinski definition) is 1. The summed E-state index contributed by atoms with van der Waals surface area (Å²) in [7, 11) is 0. The number of ether oxygens (including phenoxy) is 2. The number of imidazole rings is 1. The van der Waals surface area contributed by atoms with Gasteiger partial charge in [0.1, 0.15) is 24.0 Å². The molecule has 2 aliphatic heterocycles. The van der Waals surface area contributed by atoms with Gasteiger partial charge in [0, 0.05) is 61.7 Å². The molecule has 0 unspecified atom stereocenters. The Morgan fingerprint density at radius 3 is 2.61 bits per heavy atom. The zero-order valence-electron chi connectivity index (χ0n) is 25.9. The Morgan fingerprint density at radius 2 is 1.83 bits per heavy atom. The number of aromatic carboxylic acids is 1. The molecule has 3 aliphatic rings. The molecule has 10 heteroatoms. The molecule has 4 aromatic rings. The van der Waals surface area contributed by atoms with Crippen molar-refractivity contribution in [1.29, 1.82) is 0 Å². The molecule has 0 bridgehead atoms. The van der Waals surface area contributed by atoms with E-state index in [0.29, 0.717) is 42.2 Å². The molecule has 0 spiro atoms. The molecule has 1 aromatic heterocycles. The molecule has 240 valence electrons. The van der Waals surface area contributed by atoms with E-state index in [4.69, 9.17) is 14.5 Å². The normalized spacial score (nSPS) is 17.9. The van der Waals surface area contributed by atoms with Crippen molar-refractivity contribution in [3.63, 3.8) is 0 Å². The van der Waals surface area contributed by atoms with Gasteiger partial charge in [0.15, 0.2) is 0 Å². The van der Waals surface area contributed by atoms with E-state index in [-0.39, 0.29) is 24.1 Å². The molecule has 1 aliphatic carbocycles. The molecule has 9 nitrogen and oxygen atoms in total. The fraction of sp³-hybridized carbons (Fsp3) is 0.417. The lowest BCUT2D eigenvalue weighted by Gasteiger charge is -2.27. The van der Waals surface area contributed by atoms with E-state index >= 15 is 4.39 Å². The summed E-state index contributed by atoms with van der Waals surface area (Å²) in [6, 6.07) is 16.0. The molecular formula is C36H39FN4O5. The number of aromatic nitrogens is 2. The first kappa shape index (κ1) is 30.2. The van der Waals surface area contributed by atoms with Crippen LogP contribution in [0.1, 0.15) is 73.3 Å². The number of fused-ring (bicyclic) bond motifs is 1. The van der Waals surface area contributed by atoms with Crippen molar-refractivity contribution < 1.29 is 28.6 Å². The van der Waals surface area contributed by atoms with Crippen LogP contribution in [0, 0.1) is 5.82 Å². The van der Waals surface area contributed by atoms with E-state index in [9.17, 15) is 14.7 Å². The lowest BCUT2D eigenvalue weighted by molar-refractivity contribution is -0.117. The van der Waals surface area contributed by atoms with Gasteiger partial charge in [-0.15, -0.1) is 0 Å². The second-order valence-corrected chi connectivity index (χ2v) is 12.5. The lowest BCUT2D eigenvalue weighted by atomic mass is 9.94. The van der Waals surface area contributed by atoms with Crippen LogP contribution in [-0.2, 0) is 16.1 Å². The van der Waals surface area contributed by atoms with Gasteiger partial charge >= 0.3 is 5.97 Å². The Labute approximate surface area is 267 Å². The van der Waals surface area contributed by atoms with E-state index in [1.54, 1.807) is 30.3 Å². The highest BCUT2D eigenvalue weighted by molar-refractivity contribution is 5.96. The quantitative estimate of drug-likeness (QED) is 0.225. The van der Waals surface area contributed by atoms with Crippen LogP contribution in [0.15, 0.2) is 54.6 Å². The third kappa shape index (κ3) is 6.06. The van der Waals surface area contributed by atoms with Crippen LogP contribution in [-0.4, -0.2) is 59.4 Å². The SMILES string of the molecule is O=C(O)c1ccc2c(c1)nc(-c1ccc(OCc3cc(N4CCCC4=O)ccc3N3CCCOCC3)cc1F)n2C1CCCCC1. The number of benzene rings is 3. The van der Waals surface area contributed by atoms with Crippen molar-refractivity contribution in [3.05, 3.63) is 71.5 Å². The predicted octanol–water partition coefficient (Wildman–Crippen LogP) is 6.98. The van der Waals surface area contributed by atoms with E-state index in [1.807, 2.05) is 17.0 Å². The number of rotatable bonds is 8. The molecule has 7 rings (SSSR count). The molecular weight excluding hydrogens is 587 g/mol. The molecule has 1 N–H and O–H groups in total. The molecule has 3 fully saturated rings. The summed E-state index contributed by atoms with van der Waals surface area (Å²) < 4.78 is 30.0. The Morgan fingerprint density at radius 1 is 0.957 bits per heavy atom. The first-order valence-electron chi connectivity index (χ1n) is 16.4. The van der Waals surface area contributed by atoms with Gasteiger partial charge in [-0.3, -0.25) is 4.79 Å². The minimum Gasteiger partial charge on any atom is -0.489 e. The van der Waals surface area contributed by atoms with Crippen molar-refractivity contribution in [2.24, 2.45) is 0 Å². The highest BCUT2D eigenvalue weighted by Gasteiger charge is 2.26. The van der Waals surface area contributed by atoms with Gasteiger partial charge in [-0.2, -0.15) is 0 Å². The smallest absolute Gasteiger partial charge is 0.335 e. The second-order valence-electron chi connectivity index (χ2n) is 12.5. The van der Waals surface area contributed by atoms with Gasteiger partial charge in [-0.1, -0.05) is 19.3 Å². The maximum absolute atomic E-state index is 16.0. The largest absolute Gasteiger partial charge is 0.489 e. The molecule has 0 atom stereocenters. The summed E-state index contributed by atoms with van der Waals surface area (Å²) in [6.45, 7) is 3.89. The summed E-state index contributed by atoms with van der Waals surface area (Å²) in [5, 5.41) is 9.55. The summed E-state index contributed by atoms with van der Waals surface area (Å²) >= 11 is 0. The van der Waals surface area contributed by atoms with Gasteiger partial charge < -0.3 is 28.9 Å². The summed E-state index contributed by atoms with van der Waals surface area (Å²) in [5.74, 6) is -0.457. The minimum absolute atomic E-state index is 0.124. The van der Waals surface area contributed by atoms with Crippen LogP contribution >= 0.6 is 0 Å². The van der Waals surface area contributed by atoms with Crippen molar-refractivity contribution in [3.8, 4) is 17.1 Å². The molecule has 3 heterocycles. The van der Waals surface area contributed by atoms with Crippen molar-refractivity contribution in [1.82, 2.24) is 9.55 Å². The third-order valence-corrected chi connectivity index (χ3v) is 9.46. The molecule has 46 heavy (non-hydrogen) atoms. The average Bonchev–Trinajstić information content (AvgIpc) is 3.56. The number of amides is 1. The predicted molar refractivity (Wildman–Crippen MR) is 174 cm³/mol. The molecule has 0 radical (unpaired) electrons. The Hall–Kier alpha value is -4.44. The number of nitrogens with zero attached hydrogens (tertiary/aromatic N) is 4. The number of carboxylic acids is 1. The number of carbonyl (C=O) groups excluding carboxylic acids is 1. The van der Waals surface area contributed by atoms with Crippen molar-refractivity contribution in [2.75, 3.05) is 42.6 Å². The Balaban J connectivity index is 1.19. The summed E-state index contributed by atoms with van der Waals surface area (Å²) in [4.78, 5) is 33.1. The van der Waals surface area contributed by atoms with Crippen LogP contribution in [0.5, 0.6) is 5.75 Å². The highest BCUT2D eigenvalue weighted by Crippen LogP contribution is 2.38. The number of carboxylic acid groups (broad SMARTS) is 1. The van der Waals surface area contributed by atoms with E-state index in [0.717, 1.165) is 80.7 Å². The maximum Gasteiger partial charge on any atom is 0.335 e. The topological polar surface area (TPSA) is 97.1 Å². The van der Waals surface area contributed by atoms with E-state index in [1.165, 1.54) is 12.5 Å². The van der Waals surface area contributed by atoms with Crippen molar-refractivity contribution in [2.45, 2.75) is 64.0 Å². The zero-order chi connectivity index (χ0) is 31.6. The summed E-state index contributed by atoms with van der Waals surface area (Å²) in [6.07, 6.45) is 7.60. The van der Waals surface area contributed by atoms with Crippen LogP contribution < -0.4 is 14.5 Å². The lowest BCUT2D eigenvalue weighted by Crippen LogP contribution is -2.28. The summed E-state index contributed by atoms with van der Waals surface area (Å²) in [5.41, 5.74) is 4.67. The highest BCUT2D eigenvalue weighted by atomic mass is 19.1. The van der Waals surface area contributed by atoms with Crippen LogP contribution in [0.3, 0.4) is 0 Å². The van der Waals surface area contributed by atoms with E-state index in [2.05, 4.69) is 15.5 Å². The van der Waals surface area contributed by atoms with Crippen LogP contribution in [0.2, 0.25) is 0 Å². The maximum atomic E-state index is 16.0. The fourth-order valence-corrected chi connectivity index (χ4v) is 7.13. The molecule has 1 amide bonds. The first-order valence-corrected chi connectivity index (χ1v) is 16.4. The number of carbonyl (C=O) groups is 2. The van der Waals surface area contributed by atoms with Gasteiger partial charge in [-0.25, -0.2) is 14.2 Å². The second kappa shape index (κ2) is 13.1. The number of halogens is 1. The number of anilines is 2. The monoisotopic (exact) mass is 626 g/mol. The van der Waals surface area contributed by atoms with Gasteiger partial charge in [0.05, 0.1) is 28.8 Å². The van der Waals surface area contributed by atoms with Gasteiger partial charge in [0.2, 0.25) is 5.91 Å². The van der Waals surface area contributed by atoms with Crippen molar-refractivity contribution >= 4 is 34.3 Å². The Kier molecular flexibility index (Phi) is 8.62. The molecule has 2 saturated heterocycles. The zero-order valence-corrected chi connectivity index (χ0v) is 25.9. The standard InChI is InChI=1S/C36H39FN4O5/c37-30-22-28(46-23-25-20-27(40-16-4-8-34(40)42)10-14-32(25)39-15-5-18-45-19-17-39)11-12-29(30)35-38-31-21-24(36(43)44)9-13-33(31)41(35)26-6-2-1-3-7-26/h9-14,20-22,26H,1-8,15-19,23H2,(H,43,44). The van der Waals surface area contributed by atoms with Crippen LogP contribution in [0.25, 0.3) is 22.4 Å². The van der Waals surface area contributed by atoms with Crippen LogP contribution in [0.4, 0.5) is 15.8 Å². The van der Waals surface area contributed by atoms with E-state index < -0.39 is 11.8 Å². The average molecular weight is 627 g/mol. The Bertz CT molecular complexity index is 1760. The fourth-order valence-electron chi connectivity index (χ4n) is 7.13. The molecule has 3 aromatic carbocycles. The van der Waals surface area contributed by atoms with Gasteiger partial charge in [0.25, 0.3) is 0 Å². The van der Waals surface area contributed by atoms with Gasteiger partial charge in [-0.05, 0) is 74.2 Å². The number of hydrogen-bond acceptors (Lipinski definition) is 6. The third-order valence-electron chi connectivity index (χ3n) is 9.46.